The Balaban J connectivity index is 0.00000294. The molecule has 0 bridgehead atoms. The van der Waals surface area contributed by atoms with Gasteiger partial charge in [-0.1, -0.05) is 44.5 Å². The van der Waals surface area contributed by atoms with Crippen LogP contribution in [0.2, 0.25) is 0 Å². The Morgan fingerprint density at radius 2 is 1.61 bits per heavy atom. The molecule has 192 valence electrons. The minimum absolute atomic E-state index is 0. The third-order valence-electron chi connectivity index (χ3n) is 6.61. The summed E-state index contributed by atoms with van der Waals surface area (Å²) in [6.07, 6.45) is 1.89. The second kappa shape index (κ2) is 9.88. The van der Waals surface area contributed by atoms with Gasteiger partial charge in [-0.3, -0.25) is 4.68 Å². The van der Waals surface area contributed by atoms with Crippen LogP contribution in [-0.2, 0) is 26.5 Å². The van der Waals surface area contributed by atoms with Gasteiger partial charge in [0, 0.05) is 28.9 Å². The number of hydrogen-bond acceptors (Lipinski definition) is 3. The van der Waals surface area contributed by atoms with Gasteiger partial charge in [0.15, 0.2) is 0 Å². The van der Waals surface area contributed by atoms with E-state index in [9.17, 15) is 0 Å². The van der Waals surface area contributed by atoms with Crippen molar-refractivity contribution in [3.05, 3.63) is 108 Å². The number of fused-ring (bicyclic) bond motifs is 3. The number of hydrogen-bond donors (Lipinski definition) is 0. The summed E-state index contributed by atoms with van der Waals surface area (Å²) in [5.41, 5.74) is 6.10. The van der Waals surface area contributed by atoms with E-state index in [0.29, 0.717) is 11.5 Å². The fourth-order valence-electron chi connectivity index (χ4n) is 4.79. The third kappa shape index (κ3) is 4.67. The summed E-state index contributed by atoms with van der Waals surface area (Å²) in [7, 11) is 0. The van der Waals surface area contributed by atoms with Crippen LogP contribution >= 0.6 is 0 Å². The molecule has 38 heavy (non-hydrogen) atoms. The second-order valence-electron chi connectivity index (χ2n) is 10.4. The minimum atomic E-state index is 0. The average molecular weight is 680 g/mol. The van der Waals surface area contributed by atoms with Crippen molar-refractivity contribution >= 4 is 21.8 Å². The van der Waals surface area contributed by atoms with Crippen LogP contribution < -0.4 is 4.74 Å². The van der Waals surface area contributed by atoms with E-state index in [1.165, 1.54) is 5.56 Å². The molecule has 0 aliphatic rings. The molecule has 0 aliphatic heterocycles. The number of rotatable bonds is 4. The fourth-order valence-corrected chi connectivity index (χ4v) is 4.79. The van der Waals surface area contributed by atoms with Crippen LogP contribution in [-0.4, -0.2) is 19.3 Å². The molecule has 0 fully saturated rings. The number of para-hydroxylation sites is 1. The van der Waals surface area contributed by atoms with Crippen molar-refractivity contribution in [2.24, 2.45) is 0 Å². The first-order valence-corrected chi connectivity index (χ1v) is 12.4. The molecule has 3 aromatic carbocycles. The monoisotopic (exact) mass is 679 g/mol. The van der Waals surface area contributed by atoms with Gasteiger partial charge in [-0.2, -0.15) is 17.2 Å². The van der Waals surface area contributed by atoms with Gasteiger partial charge in [0.1, 0.15) is 5.82 Å². The van der Waals surface area contributed by atoms with Crippen molar-refractivity contribution in [3.8, 4) is 23.0 Å². The summed E-state index contributed by atoms with van der Waals surface area (Å²) in [5, 5.41) is 6.83. The van der Waals surface area contributed by atoms with E-state index in [1.54, 1.807) is 0 Å². The largest absolute Gasteiger partial charge is 2.00 e. The Morgan fingerprint density at radius 1 is 0.816 bits per heavy atom. The maximum Gasteiger partial charge on any atom is 2.00 e. The van der Waals surface area contributed by atoms with Crippen molar-refractivity contribution in [2.45, 2.75) is 40.0 Å². The van der Waals surface area contributed by atoms with Gasteiger partial charge in [-0.25, -0.2) is 4.98 Å². The molecule has 0 spiro atoms. The number of aromatic nitrogens is 4. The minimum Gasteiger partial charge on any atom is -0.509 e. The van der Waals surface area contributed by atoms with Crippen LogP contribution in [0, 0.1) is 26.0 Å². The number of nitrogens with zero attached hydrogens (tertiary/aromatic N) is 4. The normalized spacial score (nSPS) is 11.6. The van der Waals surface area contributed by atoms with E-state index >= 15 is 0 Å². The smallest absolute Gasteiger partial charge is 0.509 e. The Bertz CT molecular complexity index is 1770. The zero-order chi connectivity index (χ0) is 25.7. The summed E-state index contributed by atoms with van der Waals surface area (Å²) in [6.45, 7) is 10.7. The van der Waals surface area contributed by atoms with Gasteiger partial charge >= 0.3 is 21.1 Å². The molecule has 0 amide bonds. The molecule has 0 unspecified atom stereocenters. The van der Waals surface area contributed by atoms with Gasteiger partial charge in [-0.05, 0) is 60.2 Å². The molecule has 0 N–H and O–H groups in total. The van der Waals surface area contributed by atoms with E-state index in [4.69, 9.17) is 9.72 Å². The first kappa shape index (κ1) is 25.9. The SMILES string of the molecule is Cc1cc(C)n(-c2[c-]c(Oc3[c-]c4c(cc3)c3ccccc3n4-c3cc(C(C)(C)C)ccn3)ccc2)n1.[Pt+2]. The van der Waals surface area contributed by atoms with Gasteiger partial charge in [0.2, 0.25) is 0 Å². The van der Waals surface area contributed by atoms with Crippen LogP contribution in [0.15, 0.2) is 79.0 Å². The molecule has 0 atom stereocenters. The van der Waals surface area contributed by atoms with Crippen molar-refractivity contribution in [3.63, 3.8) is 0 Å². The van der Waals surface area contributed by atoms with Gasteiger partial charge in [0.05, 0.1) is 5.69 Å². The number of pyridine rings is 1. The van der Waals surface area contributed by atoms with Gasteiger partial charge in [-0.15, -0.1) is 35.7 Å². The summed E-state index contributed by atoms with van der Waals surface area (Å²) < 4.78 is 10.3. The molecular formula is C32H28N4OPt. The number of benzene rings is 3. The van der Waals surface area contributed by atoms with Gasteiger partial charge < -0.3 is 9.30 Å². The fraction of sp³-hybridized carbons (Fsp3) is 0.188. The van der Waals surface area contributed by atoms with Crippen LogP contribution in [0.25, 0.3) is 33.3 Å². The predicted octanol–water partition coefficient (Wildman–Crippen LogP) is 7.67. The maximum absolute atomic E-state index is 6.27. The molecule has 6 rings (SSSR count). The average Bonchev–Trinajstić information content (AvgIpc) is 3.39. The summed E-state index contributed by atoms with van der Waals surface area (Å²) in [5.74, 6) is 2.09. The predicted molar refractivity (Wildman–Crippen MR) is 148 cm³/mol. The molecule has 3 heterocycles. The van der Waals surface area contributed by atoms with Crippen molar-refractivity contribution in [1.82, 2.24) is 19.3 Å². The van der Waals surface area contributed by atoms with E-state index in [0.717, 1.165) is 44.7 Å². The zero-order valence-corrected chi connectivity index (χ0v) is 24.3. The Labute approximate surface area is 237 Å². The molecule has 0 saturated heterocycles. The van der Waals surface area contributed by atoms with E-state index in [1.807, 2.05) is 55.1 Å². The van der Waals surface area contributed by atoms with Gasteiger partial charge in [0.25, 0.3) is 0 Å². The summed E-state index contributed by atoms with van der Waals surface area (Å²) in [6, 6.07) is 31.4. The van der Waals surface area contributed by atoms with Crippen molar-refractivity contribution < 1.29 is 25.8 Å². The zero-order valence-electron chi connectivity index (χ0n) is 22.0. The maximum atomic E-state index is 6.27. The molecule has 3 aromatic heterocycles. The van der Waals surface area contributed by atoms with Crippen LogP contribution in [0.3, 0.4) is 0 Å². The number of ether oxygens (including phenoxy) is 1. The number of aryl methyl sites for hydroxylation is 2. The summed E-state index contributed by atoms with van der Waals surface area (Å²) in [4.78, 5) is 4.75. The van der Waals surface area contributed by atoms with E-state index in [2.05, 4.69) is 85.0 Å². The molecule has 6 heteroatoms. The van der Waals surface area contributed by atoms with Crippen LogP contribution in [0.5, 0.6) is 11.5 Å². The molecule has 0 aliphatic carbocycles. The van der Waals surface area contributed by atoms with Crippen LogP contribution in [0.1, 0.15) is 37.7 Å². The first-order chi connectivity index (χ1) is 17.8. The standard InChI is InChI=1S/C32H28N4O.Pt/c1-21-17-22(2)36(34-21)24-9-8-10-25(19-24)37-26-13-14-28-27-11-6-7-12-29(27)35(30(28)20-26)31-18-23(15-16-33-31)32(3,4)5;/h6-18H,1-5H3;/q-2;+2. The Kier molecular flexibility index (Phi) is 6.75. The molecule has 0 saturated carbocycles. The van der Waals surface area contributed by atoms with Crippen molar-refractivity contribution in [1.29, 1.82) is 0 Å². The molecule has 5 nitrogen and oxygen atoms in total. The van der Waals surface area contributed by atoms with Crippen LogP contribution in [0.4, 0.5) is 0 Å². The first-order valence-electron chi connectivity index (χ1n) is 12.4. The van der Waals surface area contributed by atoms with E-state index < -0.39 is 0 Å². The van der Waals surface area contributed by atoms with E-state index in [-0.39, 0.29) is 26.5 Å². The summed E-state index contributed by atoms with van der Waals surface area (Å²) >= 11 is 0. The molecule has 6 aromatic rings. The topological polar surface area (TPSA) is 44.9 Å². The Morgan fingerprint density at radius 3 is 2.37 bits per heavy atom. The Hall–Kier alpha value is -3.69. The second-order valence-corrected chi connectivity index (χ2v) is 10.4. The van der Waals surface area contributed by atoms with Crippen molar-refractivity contribution in [2.75, 3.05) is 0 Å². The molecule has 0 radical (unpaired) electrons. The quantitative estimate of drug-likeness (QED) is 0.180. The molecular weight excluding hydrogens is 651 g/mol. The third-order valence-corrected chi connectivity index (χ3v) is 6.61.